The summed E-state index contributed by atoms with van der Waals surface area (Å²) in [7, 11) is -2.20. The molecule has 3 aromatic rings. The van der Waals surface area contributed by atoms with Crippen LogP contribution in [-0.2, 0) is 22.9 Å². The van der Waals surface area contributed by atoms with Gasteiger partial charge in [0.25, 0.3) is 10.0 Å². The number of nitrogens with one attached hydrogen (secondary N) is 2. The van der Waals surface area contributed by atoms with Crippen LogP contribution in [0, 0.1) is 0 Å². The zero-order chi connectivity index (χ0) is 22.9. The third-order valence-corrected chi connectivity index (χ3v) is 7.98. The van der Waals surface area contributed by atoms with Gasteiger partial charge in [-0.1, -0.05) is 18.2 Å². The third kappa shape index (κ3) is 5.66. The van der Waals surface area contributed by atoms with E-state index in [0.717, 1.165) is 44.4 Å². The first-order chi connectivity index (χ1) is 15.3. The second kappa shape index (κ2) is 10.7. The molecule has 0 spiro atoms. The van der Waals surface area contributed by atoms with Crippen LogP contribution in [0.1, 0.15) is 22.7 Å². The Morgan fingerprint density at radius 1 is 1.12 bits per heavy atom. The average Bonchev–Trinajstić information content (AvgIpc) is 2.75. The first-order valence-corrected chi connectivity index (χ1v) is 13.0. The molecule has 0 amide bonds. The van der Waals surface area contributed by atoms with Gasteiger partial charge >= 0.3 is 0 Å². The van der Waals surface area contributed by atoms with Crippen molar-refractivity contribution in [2.24, 2.45) is 0 Å². The zero-order valence-electron chi connectivity index (χ0n) is 17.6. The lowest BCUT2D eigenvalue weighted by Crippen LogP contribution is -2.31. The molecule has 0 radical (unpaired) electrons. The molecule has 0 aliphatic carbocycles. The molecule has 33 heavy (non-hydrogen) atoms. The van der Waals surface area contributed by atoms with E-state index in [1.807, 2.05) is 12.1 Å². The van der Waals surface area contributed by atoms with Crippen molar-refractivity contribution in [2.45, 2.75) is 23.8 Å². The summed E-state index contributed by atoms with van der Waals surface area (Å²) in [5, 5.41) is 14.0. The van der Waals surface area contributed by atoms with Crippen molar-refractivity contribution in [2.75, 3.05) is 18.4 Å². The number of rotatable bonds is 6. The number of fused-ring (bicyclic) bond motifs is 1. The fraction of sp³-hybridized carbons (Fsp3) is 0.217. The highest BCUT2D eigenvalue weighted by atomic mass is 79.9. The van der Waals surface area contributed by atoms with Gasteiger partial charge in [-0.25, -0.2) is 8.42 Å². The number of phenols is 1. The van der Waals surface area contributed by atoms with Crippen LogP contribution in [0.25, 0.3) is 0 Å². The van der Waals surface area contributed by atoms with Crippen LogP contribution in [0.5, 0.6) is 11.5 Å². The zero-order valence-corrected chi connectivity index (χ0v) is 22.4. The third-order valence-electron chi connectivity index (χ3n) is 5.42. The lowest BCUT2D eigenvalue weighted by Gasteiger charge is -2.28. The predicted molar refractivity (Wildman–Crippen MR) is 139 cm³/mol. The SMILES string of the molecule is COc1c(Br)cc(CC2NCCc3cc(O)c(NS(=O)(=O)c4ccccc4)cc32)cc1Br.Cl. The predicted octanol–water partition coefficient (Wildman–Crippen LogP) is 5.58. The van der Waals surface area contributed by atoms with E-state index in [0.29, 0.717) is 6.42 Å². The molecular weight excluding hydrogens is 596 g/mol. The van der Waals surface area contributed by atoms with E-state index in [2.05, 4.69) is 41.9 Å². The van der Waals surface area contributed by atoms with E-state index in [4.69, 9.17) is 4.74 Å². The van der Waals surface area contributed by atoms with E-state index >= 15 is 0 Å². The smallest absolute Gasteiger partial charge is 0.262 e. The number of benzene rings is 3. The fourth-order valence-electron chi connectivity index (χ4n) is 3.91. The Morgan fingerprint density at radius 3 is 2.42 bits per heavy atom. The summed E-state index contributed by atoms with van der Waals surface area (Å²) in [6, 6.07) is 15.5. The highest BCUT2D eigenvalue weighted by molar-refractivity contribution is 9.11. The molecule has 0 fully saturated rings. The van der Waals surface area contributed by atoms with Crippen molar-refractivity contribution < 1.29 is 18.3 Å². The maximum Gasteiger partial charge on any atom is 0.262 e. The molecule has 3 aromatic carbocycles. The van der Waals surface area contributed by atoms with Crippen LogP contribution in [-0.4, -0.2) is 27.2 Å². The number of aromatic hydroxyl groups is 1. The molecule has 1 unspecified atom stereocenters. The van der Waals surface area contributed by atoms with E-state index in [1.54, 1.807) is 37.4 Å². The molecule has 4 rings (SSSR count). The lowest BCUT2D eigenvalue weighted by molar-refractivity contribution is 0.409. The first-order valence-electron chi connectivity index (χ1n) is 9.97. The standard InChI is InChI=1S/C23H22Br2N2O4S.ClH/c1-31-23-18(24)9-14(10-19(23)25)11-20-17-13-21(22(28)12-15(17)7-8-26-20)27-32(29,30)16-5-3-2-4-6-16;/h2-6,9-10,12-13,20,26-28H,7-8,11H2,1H3;1H. The van der Waals surface area contributed by atoms with Gasteiger partial charge in [-0.2, -0.15) is 0 Å². The van der Waals surface area contributed by atoms with Crippen molar-refractivity contribution >= 4 is 60.0 Å². The summed E-state index contributed by atoms with van der Waals surface area (Å²) in [5.74, 6) is 0.645. The van der Waals surface area contributed by atoms with Crippen molar-refractivity contribution in [1.29, 1.82) is 0 Å². The summed E-state index contributed by atoms with van der Waals surface area (Å²) in [6.45, 7) is 0.769. The first kappa shape index (κ1) is 25.8. The lowest BCUT2D eigenvalue weighted by atomic mass is 9.89. The van der Waals surface area contributed by atoms with Crippen molar-refractivity contribution in [1.82, 2.24) is 5.32 Å². The van der Waals surface area contributed by atoms with Crippen molar-refractivity contribution in [3.8, 4) is 11.5 Å². The summed E-state index contributed by atoms with van der Waals surface area (Å²) in [4.78, 5) is 0.139. The molecule has 0 aromatic heterocycles. The fourth-order valence-corrected chi connectivity index (χ4v) is 6.60. The number of hydrogen-bond acceptors (Lipinski definition) is 5. The molecule has 6 nitrogen and oxygen atoms in total. The highest BCUT2D eigenvalue weighted by Gasteiger charge is 2.24. The van der Waals surface area contributed by atoms with E-state index in [1.165, 1.54) is 12.1 Å². The number of sulfonamides is 1. The van der Waals surface area contributed by atoms with E-state index < -0.39 is 10.0 Å². The number of hydrogen-bond donors (Lipinski definition) is 3. The van der Waals surface area contributed by atoms with Crippen LogP contribution in [0.4, 0.5) is 5.69 Å². The minimum Gasteiger partial charge on any atom is -0.506 e. The molecule has 3 N–H and O–H groups in total. The van der Waals surface area contributed by atoms with Crippen molar-refractivity contribution in [3.63, 3.8) is 0 Å². The summed E-state index contributed by atoms with van der Waals surface area (Å²) in [5.41, 5.74) is 3.20. The maximum atomic E-state index is 12.8. The van der Waals surface area contributed by atoms with Gasteiger partial charge in [0.15, 0.2) is 0 Å². The average molecular weight is 619 g/mol. The normalized spacial score (nSPS) is 15.3. The minimum atomic E-state index is -3.81. The van der Waals surface area contributed by atoms with Gasteiger partial charge < -0.3 is 15.2 Å². The Morgan fingerprint density at radius 2 is 1.79 bits per heavy atom. The molecule has 1 aliphatic heterocycles. The quantitative estimate of drug-likeness (QED) is 0.314. The Hall–Kier alpha value is -1.78. The van der Waals surface area contributed by atoms with Crippen LogP contribution < -0.4 is 14.8 Å². The number of ether oxygens (including phenoxy) is 1. The highest BCUT2D eigenvalue weighted by Crippen LogP contribution is 2.38. The Balaban J connectivity index is 0.00000306. The van der Waals surface area contributed by atoms with Crippen LogP contribution in [0.15, 0.2) is 68.4 Å². The van der Waals surface area contributed by atoms with Gasteiger partial charge in [-0.3, -0.25) is 4.72 Å². The van der Waals surface area contributed by atoms with E-state index in [9.17, 15) is 13.5 Å². The molecule has 1 atom stereocenters. The van der Waals surface area contributed by atoms with Gasteiger partial charge in [0.05, 0.1) is 26.6 Å². The molecule has 176 valence electrons. The molecule has 1 heterocycles. The molecule has 0 bridgehead atoms. The monoisotopic (exact) mass is 616 g/mol. The van der Waals surface area contributed by atoms with Crippen LogP contribution in [0.3, 0.4) is 0 Å². The van der Waals surface area contributed by atoms with Gasteiger partial charge in [0.1, 0.15) is 11.5 Å². The van der Waals surface area contributed by atoms with Gasteiger partial charge in [0, 0.05) is 6.04 Å². The minimum absolute atomic E-state index is 0. The second-order valence-electron chi connectivity index (χ2n) is 7.54. The molecule has 1 aliphatic rings. The Kier molecular flexibility index (Phi) is 8.34. The van der Waals surface area contributed by atoms with Gasteiger partial charge in [0.2, 0.25) is 0 Å². The number of halogens is 3. The van der Waals surface area contributed by atoms with Gasteiger partial charge in [-0.15, -0.1) is 12.4 Å². The number of methoxy groups -OCH3 is 1. The molecular formula is C23H23Br2ClN2O4S. The summed E-state index contributed by atoms with van der Waals surface area (Å²) >= 11 is 7.09. The Bertz CT molecular complexity index is 1230. The number of phenolic OH excluding ortho intramolecular Hbond substituents is 1. The maximum absolute atomic E-state index is 12.8. The number of anilines is 1. The largest absolute Gasteiger partial charge is 0.506 e. The van der Waals surface area contributed by atoms with Crippen LogP contribution >= 0.6 is 44.3 Å². The Labute approximate surface area is 216 Å². The second-order valence-corrected chi connectivity index (χ2v) is 10.9. The van der Waals surface area contributed by atoms with Gasteiger partial charge in [-0.05, 0) is 104 Å². The van der Waals surface area contributed by atoms with E-state index in [-0.39, 0.29) is 34.8 Å². The summed E-state index contributed by atoms with van der Waals surface area (Å²) < 4.78 is 35.2. The molecule has 10 heteroatoms. The molecule has 0 saturated carbocycles. The summed E-state index contributed by atoms with van der Waals surface area (Å²) in [6.07, 6.45) is 1.44. The van der Waals surface area contributed by atoms with Crippen molar-refractivity contribution in [3.05, 3.63) is 80.2 Å². The topological polar surface area (TPSA) is 87.7 Å². The van der Waals surface area contributed by atoms with Crippen LogP contribution in [0.2, 0.25) is 0 Å². The molecule has 0 saturated heterocycles.